The Balaban J connectivity index is 0.00000363. The van der Waals surface area contributed by atoms with Gasteiger partial charge in [-0.25, -0.2) is 19.5 Å². The maximum atomic E-state index is 12.1. The van der Waals surface area contributed by atoms with E-state index >= 15 is 0 Å². The number of hydrogen-bond acceptors (Lipinski definition) is 5. The molecule has 0 spiro atoms. The van der Waals surface area contributed by atoms with Crippen molar-refractivity contribution >= 4 is 36.0 Å². The molecule has 1 aromatic carbocycles. The van der Waals surface area contributed by atoms with Crippen LogP contribution in [0, 0.1) is 0 Å². The summed E-state index contributed by atoms with van der Waals surface area (Å²) in [5, 5.41) is 10.5. The standard InChI is InChI=1S/C22H33N7O2.HI/c1-5-24-20(28-10-9-19(14-28)27-21(30)31-22(2,3)4)25-12-17-7-6-8-18(11-17)13-29-16-23-15-26-29;/h6-8,11,15-16,19H,5,9-10,12-14H2,1-4H3,(H,24,25)(H,27,30);1H. The number of nitrogens with one attached hydrogen (secondary N) is 2. The van der Waals surface area contributed by atoms with Crippen LogP contribution >= 0.6 is 24.0 Å². The van der Waals surface area contributed by atoms with Crippen molar-refractivity contribution in [3.63, 3.8) is 0 Å². The zero-order valence-electron chi connectivity index (χ0n) is 19.2. The van der Waals surface area contributed by atoms with Gasteiger partial charge >= 0.3 is 6.09 Å². The Bertz CT molecular complexity index is 881. The topological polar surface area (TPSA) is 96.7 Å². The van der Waals surface area contributed by atoms with Gasteiger partial charge in [0.1, 0.15) is 18.3 Å². The molecule has 1 aliphatic heterocycles. The smallest absolute Gasteiger partial charge is 0.407 e. The molecular weight excluding hydrogens is 521 g/mol. The monoisotopic (exact) mass is 555 g/mol. The molecule has 3 rings (SSSR count). The number of guanidine groups is 1. The maximum Gasteiger partial charge on any atom is 0.407 e. The van der Waals surface area contributed by atoms with E-state index in [9.17, 15) is 4.79 Å². The van der Waals surface area contributed by atoms with Gasteiger partial charge in [-0.3, -0.25) is 0 Å². The first-order valence-corrected chi connectivity index (χ1v) is 10.8. The highest BCUT2D eigenvalue weighted by molar-refractivity contribution is 14.0. The molecule has 1 unspecified atom stereocenters. The third-order valence-corrected chi connectivity index (χ3v) is 4.76. The van der Waals surface area contributed by atoms with Crippen LogP contribution in [0.1, 0.15) is 45.2 Å². The molecule has 9 nitrogen and oxygen atoms in total. The molecule has 10 heteroatoms. The number of ether oxygens (including phenoxy) is 1. The van der Waals surface area contributed by atoms with Crippen LogP contribution in [0.15, 0.2) is 41.9 Å². The Morgan fingerprint density at radius 3 is 2.78 bits per heavy atom. The number of likely N-dealkylation sites (tertiary alicyclic amines) is 1. The molecule has 1 saturated heterocycles. The van der Waals surface area contributed by atoms with Crippen LogP contribution in [-0.2, 0) is 17.8 Å². The summed E-state index contributed by atoms with van der Waals surface area (Å²) in [6, 6.07) is 8.39. The van der Waals surface area contributed by atoms with E-state index in [2.05, 4.69) is 50.7 Å². The molecule has 1 aliphatic rings. The van der Waals surface area contributed by atoms with Gasteiger partial charge in [0, 0.05) is 19.6 Å². The molecule has 1 atom stereocenters. The van der Waals surface area contributed by atoms with Crippen molar-refractivity contribution in [2.45, 2.75) is 58.8 Å². The SMILES string of the molecule is CCNC(=NCc1cccc(Cn2cncn2)c1)N1CCC(NC(=O)OC(C)(C)C)C1.I. The predicted octanol–water partition coefficient (Wildman–Crippen LogP) is 3.01. The fourth-order valence-electron chi connectivity index (χ4n) is 3.46. The van der Waals surface area contributed by atoms with Crippen molar-refractivity contribution in [1.29, 1.82) is 0 Å². The highest BCUT2D eigenvalue weighted by Crippen LogP contribution is 2.13. The molecule has 0 bridgehead atoms. The van der Waals surface area contributed by atoms with Crippen molar-refractivity contribution in [2.24, 2.45) is 4.99 Å². The van der Waals surface area contributed by atoms with Gasteiger partial charge in [-0.15, -0.1) is 24.0 Å². The fraction of sp³-hybridized carbons (Fsp3) is 0.545. The lowest BCUT2D eigenvalue weighted by Gasteiger charge is -2.23. The lowest BCUT2D eigenvalue weighted by atomic mass is 10.1. The average molecular weight is 555 g/mol. The van der Waals surface area contributed by atoms with E-state index in [1.807, 2.05) is 26.8 Å². The summed E-state index contributed by atoms with van der Waals surface area (Å²) >= 11 is 0. The van der Waals surface area contributed by atoms with Crippen LogP contribution in [0.4, 0.5) is 4.79 Å². The largest absolute Gasteiger partial charge is 0.444 e. The zero-order valence-corrected chi connectivity index (χ0v) is 21.6. The average Bonchev–Trinajstić information content (AvgIpc) is 3.36. The predicted molar refractivity (Wildman–Crippen MR) is 135 cm³/mol. The Morgan fingerprint density at radius 2 is 2.09 bits per heavy atom. The number of carbonyl (C=O) groups excluding carboxylic acids is 1. The van der Waals surface area contributed by atoms with Crippen molar-refractivity contribution in [1.82, 2.24) is 30.3 Å². The van der Waals surface area contributed by atoms with Crippen LogP contribution in [0.5, 0.6) is 0 Å². The van der Waals surface area contributed by atoms with Gasteiger partial charge in [-0.2, -0.15) is 5.10 Å². The van der Waals surface area contributed by atoms with Crippen LogP contribution < -0.4 is 10.6 Å². The number of aromatic nitrogens is 3. The van der Waals surface area contributed by atoms with Gasteiger partial charge in [-0.1, -0.05) is 24.3 Å². The first-order valence-electron chi connectivity index (χ1n) is 10.8. The zero-order chi connectivity index (χ0) is 22.3. The van der Waals surface area contributed by atoms with Crippen LogP contribution in [-0.4, -0.2) is 63.0 Å². The minimum atomic E-state index is -0.499. The summed E-state index contributed by atoms with van der Waals surface area (Å²) in [5.74, 6) is 0.859. The lowest BCUT2D eigenvalue weighted by molar-refractivity contribution is 0.0507. The van der Waals surface area contributed by atoms with Crippen LogP contribution in [0.3, 0.4) is 0 Å². The number of aliphatic imine (C=N–C) groups is 1. The molecule has 1 amide bonds. The van der Waals surface area contributed by atoms with E-state index in [-0.39, 0.29) is 36.1 Å². The summed E-state index contributed by atoms with van der Waals surface area (Å²) in [4.78, 5) is 23.1. The Morgan fingerprint density at radius 1 is 1.31 bits per heavy atom. The van der Waals surface area contributed by atoms with Gasteiger partial charge in [-0.05, 0) is 45.2 Å². The molecule has 1 fully saturated rings. The molecule has 2 aromatic rings. The molecule has 0 saturated carbocycles. The number of rotatable bonds is 6. The van der Waals surface area contributed by atoms with Crippen molar-refractivity contribution < 1.29 is 9.53 Å². The van der Waals surface area contributed by atoms with Crippen molar-refractivity contribution in [3.8, 4) is 0 Å². The van der Waals surface area contributed by atoms with E-state index in [0.717, 1.165) is 36.6 Å². The van der Waals surface area contributed by atoms with Crippen LogP contribution in [0.2, 0.25) is 0 Å². The third-order valence-electron chi connectivity index (χ3n) is 4.76. The highest BCUT2D eigenvalue weighted by atomic mass is 127. The van der Waals surface area contributed by atoms with E-state index in [1.54, 1.807) is 11.0 Å². The second-order valence-corrected chi connectivity index (χ2v) is 8.66. The van der Waals surface area contributed by atoms with E-state index in [0.29, 0.717) is 19.6 Å². The summed E-state index contributed by atoms with van der Waals surface area (Å²) in [6.07, 6.45) is 3.74. The number of carbonyl (C=O) groups is 1. The number of alkyl carbamates (subject to hydrolysis) is 1. The van der Waals surface area contributed by atoms with Gasteiger partial charge in [0.15, 0.2) is 5.96 Å². The van der Waals surface area contributed by atoms with Crippen molar-refractivity contribution in [2.75, 3.05) is 19.6 Å². The summed E-state index contributed by atoms with van der Waals surface area (Å²) in [5.41, 5.74) is 1.79. The molecule has 0 radical (unpaired) electrons. The van der Waals surface area contributed by atoms with E-state index in [1.165, 1.54) is 6.33 Å². The summed E-state index contributed by atoms with van der Waals surface area (Å²) in [6.45, 7) is 11.2. The van der Waals surface area contributed by atoms with Gasteiger partial charge in [0.25, 0.3) is 0 Å². The third kappa shape index (κ3) is 8.29. The fourth-order valence-corrected chi connectivity index (χ4v) is 3.46. The Kier molecular flexibility index (Phi) is 9.73. The summed E-state index contributed by atoms with van der Waals surface area (Å²) in [7, 11) is 0. The number of nitrogens with zero attached hydrogens (tertiary/aromatic N) is 5. The lowest BCUT2D eigenvalue weighted by Crippen LogP contribution is -2.44. The molecule has 2 N–H and O–H groups in total. The molecule has 0 aliphatic carbocycles. The van der Waals surface area contributed by atoms with Gasteiger partial charge in [0.2, 0.25) is 0 Å². The van der Waals surface area contributed by atoms with Gasteiger partial charge < -0.3 is 20.3 Å². The Hall–Kier alpha value is -2.37. The van der Waals surface area contributed by atoms with E-state index in [4.69, 9.17) is 9.73 Å². The molecule has 176 valence electrons. The molecular formula is C22H34IN7O2. The Labute approximate surface area is 207 Å². The highest BCUT2D eigenvalue weighted by Gasteiger charge is 2.27. The summed E-state index contributed by atoms with van der Waals surface area (Å²) < 4.78 is 7.17. The number of hydrogen-bond donors (Lipinski definition) is 2. The minimum Gasteiger partial charge on any atom is -0.444 e. The first-order chi connectivity index (χ1) is 14.8. The number of benzene rings is 1. The van der Waals surface area contributed by atoms with E-state index < -0.39 is 5.60 Å². The normalized spacial score (nSPS) is 16.4. The maximum absolute atomic E-state index is 12.1. The molecule has 1 aromatic heterocycles. The molecule has 32 heavy (non-hydrogen) atoms. The first kappa shape index (κ1) is 25.9. The second kappa shape index (κ2) is 12.0. The molecule has 2 heterocycles. The van der Waals surface area contributed by atoms with Crippen molar-refractivity contribution in [3.05, 3.63) is 48.0 Å². The van der Waals surface area contributed by atoms with Crippen LogP contribution in [0.25, 0.3) is 0 Å². The quantitative estimate of drug-likeness (QED) is 0.323. The second-order valence-electron chi connectivity index (χ2n) is 8.66. The number of halogens is 1. The van der Waals surface area contributed by atoms with Gasteiger partial charge in [0.05, 0.1) is 19.1 Å². The number of amides is 1. The minimum absolute atomic E-state index is 0.